The summed E-state index contributed by atoms with van der Waals surface area (Å²) in [6.45, 7) is 10.7. The molecule has 4 nitrogen and oxygen atoms in total. The third-order valence-electron chi connectivity index (χ3n) is 4.41. The Hall–Kier alpha value is -0.653. The summed E-state index contributed by atoms with van der Waals surface area (Å²) in [5.74, 6) is -0.0630. The number of hydroxylamine groups is 2. The normalized spacial score (nSPS) is 12.9. The second-order valence-corrected chi connectivity index (χ2v) is 10.8. The van der Waals surface area contributed by atoms with Crippen LogP contribution in [0.25, 0.3) is 0 Å². The highest BCUT2D eigenvalue weighted by atomic mass is 28.4. The van der Waals surface area contributed by atoms with E-state index in [-0.39, 0.29) is 12.0 Å². The van der Waals surface area contributed by atoms with E-state index in [1.54, 1.807) is 7.05 Å². The van der Waals surface area contributed by atoms with E-state index in [2.05, 4.69) is 40.7 Å². The first-order valence-electron chi connectivity index (χ1n) is 8.48. The van der Waals surface area contributed by atoms with E-state index in [1.165, 1.54) is 17.7 Å². The first-order chi connectivity index (χ1) is 10.4. The predicted molar refractivity (Wildman–Crippen MR) is 95.1 cm³/mol. The minimum absolute atomic E-state index is 0.0630. The van der Waals surface area contributed by atoms with Crippen molar-refractivity contribution in [3.8, 4) is 0 Å². The zero-order valence-corrected chi connectivity index (χ0v) is 16.6. The van der Waals surface area contributed by atoms with Crippen molar-refractivity contribution in [1.82, 2.24) is 5.06 Å². The number of hydrogen-bond donors (Lipinski definition) is 0. The number of rotatable bonds is 11. The van der Waals surface area contributed by atoms with Gasteiger partial charge in [-0.15, -0.1) is 0 Å². The number of carbonyl (C=O) groups is 1. The standard InChI is InChI=1S/C17H35NO3Si/c1-8-22(9-2,10-3)21-16(17(19)18(6)20-7)14-12-11-13-15(4)5/h13,16H,8-12,14H2,1-7H3. The molecule has 0 rings (SSSR count). The molecule has 0 radical (unpaired) electrons. The Kier molecular flexibility index (Phi) is 10.6. The molecule has 0 N–H and O–H groups in total. The molecular weight excluding hydrogens is 294 g/mol. The fourth-order valence-electron chi connectivity index (χ4n) is 2.52. The molecule has 0 saturated heterocycles. The Labute approximate surface area is 137 Å². The van der Waals surface area contributed by atoms with Crippen LogP contribution in [-0.4, -0.2) is 39.5 Å². The van der Waals surface area contributed by atoms with Crippen molar-refractivity contribution in [3.63, 3.8) is 0 Å². The molecule has 0 bridgehead atoms. The smallest absolute Gasteiger partial charge is 0.273 e. The van der Waals surface area contributed by atoms with Crippen molar-refractivity contribution < 1.29 is 14.1 Å². The van der Waals surface area contributed by atoms with Crippen LogP contribution >= 0.6 is 0 Å². The van der Waals surface area contributed by atoms with Crippen molar-refractivity contribution >= 4 is 14.2 Å². The van der Waals surface area contributed by atoms with Gasteiger partial charge in [-0.2, -0.15) is 0 Å². The van der Waals surface area contributed by atoms with Crippen LogP contribution < -0.4 is 0 Å². The molecule has 1 unspecified atom stereocenters. The molecular formula is C17H35NO3Si. The van der Waals surface area contributed by atoms with Crippen LogP contribution in [0.5, 0.6) is 0 Å². The highest BCUT2D eigenvalue weighted by Crippen LogP contribution is 2.25. The van der Waals surface area contributed by atoms with E-state index < -0.39 is 8.32 Å². The zero-order chi connectivity index (χ0) is 17.2. The first-order valence-corrected chi connectivity index (χ1v) is 11.0. The monoisotopic (exact) mass is 329 g/mol. The van der Waals surface area contributed by atoms with Gasteiger partial charge in [0.1, 0.15) is 6.10 Å². The number of hydrogen-bond acceptors (Lipinski definition) is 3. The van der Waals surface area contributed by atoms with Gasteiger partial charge in [-0.1, -0.05) is 32.4 Å². The van der Waals surface area contributed by atoms with Crippen molar-refractivity contribution in [1.29, 1.82) is 0 Å². The number of allylic oxidation sites excluding steroid dienone is 2. The summed E-state index contributed by atoms with van der Waals surface area (Å²) in [4.78, 5) is 17.6. The molecule has 0 saturated carbocycles. The zero-order valence-electron chi connectivity index (χ0n) is 15.6. The lowest BCUT2D eigenvalue weighted by molar-refractivity contribution is -0.177. The molecule has 1 amide bonds. The highest BCUT2D eigenvalue weighted by Gasteiger charge is 2.35. The molecule has 0 aliphatic carbocycles. The summed E-state index contributed by atoms with van der Waals surface area (Å²) >= 11 is 0. The van der Waals surface area contributed by atoms with Crippen molar-refractivity contribution in [2.75, 3.05) is 14.2 Å². The fraction of sp³-hybridized carbons (Fsp3) is 0.824. The quantitative estimate of drug-likeness (QED) is 0.242. The largest absolute Gasteiger partial charge is 0.405 e. The van der Waals surface area contributed by atoms with Crippen LogP contribution in [0.4, 0.5) is 0 Å². The van der Waals surface area contributed by atoms with Crippen LogP contribution in [-0.2, 0) is 14.1 Å². The van der Waals surface area contributed by atoms with Crippen LogP contribution in [0.1, 0.15) is 53.9 Å². The minimum atomic E-state index is -1.80. The van der Waals surface area contributed by atoms with Gasteiger partial charge < -0.3 is 4.43 Å². The molecule has 0 aliphatic rings. The topological polar surface area (TPSA) is 38.8 Å². The Balaban J connectivity index is 4.92. The maximum absolute atomic E-state index is 12.5. The van der Waals surface area contributed by atoms with Crippen molar-refractivity contribution in [2.45, 2.75) is 78.1 Å². The lowest BCUT2D eigenvalue weighted by Crippen LogP contribution is -2.46. The molecule has 0 heterocycles. The van der Waals surface area contributed by atoms with Gasteiger partial charge in [0.25, 0.3) is 5.91 Å². The summed E-state index contributed by atoms with van der Waals surface area (Å²) < 4.78 is 6.42. The molecule has 0 fully saturated rings. The van der Waals surface area contributed by atoms with Crippen LogP contribution in [0.2, 0.25) is 18.1 Å². The summed E-state index contributed by atoms with van der Waals surface area (Å²) in [6.07, 6.45) is 4.55. The highest BCUT2D eigenvalue weighted by molar-refractivity contribution is 6.73. The number of unbranched alkanes of at least 4 members (excludes halogenated alkanes) is 1. The average molecular weight is 330 g/mol. The summed E-state index contributed by atoms with van der Waals surface area (Å²) in [5.41, 5.74) is 1.32. The Bertz CT molecular complexity index is 342. The first kappa shape index (κ1) is 21.3. The molecule has 130 valence electrons. The van der Waals surface area contributed by atoms with Gasteiger partial charge in [0, 0.05) is 7.05 Å². The second-order valence-electron chi connectivity index (χ2n) is 6.08. The maximum atomic E-state index is 12.5. The van der Waals surface area contributed by atoms with Gasteiger partial charge in [0.05, 0.1) is 7.11 Å². The van der Waals surface area contributed by atoms with Gasteiger partial charge >= 0.3 is 0 Å². The fourth-order valence-corrected chi connectivity index (χ4v) is 5.34. The van der Waals surface area contributed by atoms with Crippen LogP contribution in [0.3, 0.4) is 0 Å². The molecule has 0 spiro atoms. The molecule has 1 atom stereocenters. The van der Waals surface area contributed by atoms with Gasteiger partial charge in [-0.05, 0) is 51.2 Å². The van der Waals surface area contributed by atoms with Crippen LogP contribution in [0, 0.1) is 0 Å². The van der Waals surface area contributed by atoms with E-state index >= 15 is 0 Å². The minimum Gasteiger partial charge on any atom is -0.405 e. The van der Waals surface area contributed by atoms with Gasteiger partial charge in [0.2, 0.25) is 0 Å². The lowest BCUT2D eigenvalue weighted by Gasteiger charge is -2.33. The molecule has 22 heavy (non-hydrogen) atoms. The second kappa shape index (κ2) is 11.0. The van der Waals surface area contributed by atoms with E-state index in [0.717, 1.165) is 37.4 Å². The predicted octanol–water partition coefficient (Wildman–Crippen LogP) is 4.53. The third kappa shape index (κ3) is 7.07. The van der Waals surface area contributed by atoms with Crippen LogP contribution in [0.15, 0.2) is 11.6 Å². The van der Waals surface area contributed by atoms with Gasteiger partial charge in [-0.25, -0.2) is 5.06 Å². The molecule has 0 aromatic carbocycles. The molecule has 0 aromatic rings. The average Bonchev–Trinajstić information content (AvgIpc) is 2.53. The van der Waals surface area contributed by atoms with Gasteiger partial charge in [0.15, 0.2) is 8.32 Å². The summed E-state index contributed by atoms with van der Waals surface area (Å²) in [6, 6.07) is 3.15. The Morgan fingerprint density at radius 2 is 1.73 bits per heavy atom. The SMILES string of the molecule is CC[Si](CC)(CC)OC(CCCC=C(C)C)C(=O)N(C)OC. The number of likely N-dealkylation sites (N-methyl/N-ethyl adjacent to an activating group) is 1. The lowest BCUT2D eigenvalue weighted by atomic mass is 10.1. The maximum Gasteiger partial charge on any atom is 0.273 e. The number of carbonyl (C=O) groups excluding carboxylic acids is 1. The van der Waals surface area contributed by atoms with E-state index in [0.29, 0.717) is 0 Å². The van der Waals surface area contributed by atoms with Crippen molar-refractivity contribution in [2.24, 2.45) is 0 Å². The third-order valence-corrected chi connectivity index (χ3v) is 9.06. The van der Waals surface area contributed by atoms with Crippen molar-refractivity contribution in [3.05, 3.63) is 11.6 Å². The van der Waals surface area contributed by atoms with E-state index in [9.17, 15) is 4.79 Å². The molecule has 5 heteroatoms. The molecule has 0 aliphatic heterocycles. The number of nitrogens with zero attached hydrogens (tertiary/aromatic N) is 1. The van der Waals surface area contributed by atoms with E-state index in [1.807, 2.05) is 0 Å². The Morgan fingerprint density at radius 1 is 1.18 bits per heavy atom. The Morgan fingerprint density at radius 3 is 2.14 bits per heavy atom. The summed E-state index contributed by atoms with van der Waals surface area (Å²) in [5, 5.41) is 1.30. The summed E-state index contributed by atoms with van der Waals surface area (Å²) in [7, 11) is 1.37. The van der Waals surface area contributed by atoms with Gasteiger partial charge in [-0.3, -0.25) is 9.63 Å². The van der Waals surface area contributed by atoms with E-state index in [4.69, 9.17) is 9.26 Å². The number of amides is 1. The molecule has 0 aromatic heterocycles.